The lowest BCUT2D eigenvalue weighted by Crippen LogP contribution is -2.27. The molecule has 1 heterocycles. The maximum atomic E-state index is 12.3. The predicted octanol–water partition coefficient (Wildman–Crippen LogP) is 3.30. The summed E-state index contributed by atoms with van der Waals surface area (Å²) >= 11 is 1.30. The van der Waals surface area contributed by atoms with Crippen LogP contribution >= 0.6 is 11.8 Å². The summed E-state index contributed by atoms with van der Waals surface area (Å²) in [5.41, 5.74) is 6.03. The van der Waals surface area contributed by atoms with E-state index in [1.54, 1.807) is 27.4 Å². The van der Waals surface area contributed by atoms with Crippen molar-refractivity contribution in [2.24, 2.45) is 5.10 Å². The minimum atomic E-state index is -0.387. The molecule has 2 aromatic rings. The van der Waals surface area contributed by atoms with Gasteiger partial charge >= 0.3 is 0 Å². The Bertz CT molecular complexity index is 851. The predicted molar refractivity (Wildman–Crippen MR) is 111 cm³/mol. The van der Waals surface area contributed by atoms with E-state index in [0.717, 1.165) is 34.7 Å². The van der Waals surface area contributed by atoms with E-state index < -0.39 is 0 Å². The third-order valence-corrected chi connectivity index (χ3v) is 4.98. The van der Waals surface area contributed by atoms with Gasteiger partial charge in [-0.3, -0.25) is 4.79 Å². The summed E-state index contributed by atoms with van der Waals surface area (Å²) in [4.78, 5) is 21.0. The molecule has 1 amide bonds. The molecule has 0 aliphatic rings. The number of aryl methyl sites for hydroxylation is 2. The molecule has 0 radical (unpaired) electrons. The Hall–Kier alpha value is -2.61. The van der Waals surface area contributed by atoms with E-state index in [9.17, 15) is 4.79 Å². The molecule has 7 nitrogen and oxygen atoms in total. The molecule has 0 saturated heterocycles. The molecule has 0 saturated carbocycles. The van der Waals surface area contributed by atoms with E-state index in [0.29, 0.717) is 10.9 Å². The van der Waals surface area contributed by atoms with Crippen LogP contribution in [0.3, 0.4) is 0 Å². The van der Waals surface area contributed by atoms with Crippen molar-refractivity contribution in [3.8, 4) is 11.5 Å². The Balaban J connectivity index is 2.06. The number of carbonyl (C=O) groups excluding carboxylic acids is 1. The van der Waals surface area contributed by atoms with Crippen LogP contribution in [0.25, 0.3) is 0 Å². The normalized spacial score (nSPS) is 12.1. The number of hydrogen-bond acceptors (Lipinski definition) is 7. The summed E-state index contributed by atoms with van der Waals surface area (Å²) in [6, 6.07) is 5.60. The number of carbonyl (C=O) groups is 1. The SMILES string of the molecule is CCc1c(OC)ccc(/C=N/NC(=O)C(C)Sc2nc(C)cc(C)n2)c1OC. The highest BCUT2D eigenvalue weighted by molar-refractivity contribution is 8.00. The van der Waals surface area contributed by atoms with Gasteiger partial charge in [-0.05, 0) is 45.4 Å². The van der Waals surface area contributed by atoms with E-state index in [1.165, 1.54) is 11.8 Å². The van der Waals surface area contributed by atoms with Crippen molar-refractivity contribution in [1.29, 1.82) is 0 Å². The zero-order chi connectivity index (χ0) is 20.7. The lowest BCUT2D eigenvalue weighted by Gasteiger charge is -2.14. The minimum absolute atomic E-state index is 0.229. The summed E-state index contributed by atoms with van der Waals surface area (Å²) in [6.07, 6.45) is 2.32. The van der Waals surface area contributed by atoms with Crippen LogP contribution in [-0.2, 0) is 11.2 Å². The van der Waals surface area contributed by atoms with Crippen LogP contribution in [0.15, 0.2) is 28.5 Å². The molecule has 2 rings (SSSR count). The largest absolute Gasteiger partial charge is 0.496 e. The average molecular weight is 403 g/mol. The number of methoxy groups -OCH3 is 2. The lowest BCUT2D eigenvalue weighted by molar-refractivity contribution is -0.120. The molecule has 0 bridgehead atoms. The van der Waals surface area contributed by atoms with Gasteiger partial charge in [0.1, 0.15) is 11.5 Å². The summed E-state index contributed by atoms with van der Waals surface area (Å²) in [5.74, 6) is 1.22. The van der Waals surface area contributed by atoms with E-state index in [-0.39, 0.29) is 11.2 Å². The number of benzene rings is 1. The van der Waals surface area contributed by atoms with E-state index in [4.69, 9.17) is 9.47 Å². The minimum Gasteiger partial charge on any atom is -0.496 e. The molecule has 150 valence electrons. The number of hydrogen-bond donors (Lipinski definition) is 1. The fraction of sp³-hybridized carbons (Fsp3) is 0.400. The number of rotatable bonds is 8. The number of ether oxygens (including phenoxy) is 2. The highest BCUT2D eigenvalue weighted by Gasteiger charge is 2.16. The van der Waals surface area contributed by atoms with Gasteiger partial charge in [-0.1, -0.05) is 18.7 Å². The van der Waals surface area contributed by atoms with Gasteiger partial charge in [-0.2, -0.15) is 5.10 Å². The molecule has 1 unspecified atom stereocenters. The van der Waals surface area contributed by atoms with Gasteiger partial charge < -0.3 is 9.47 Å². The number of amides is 1. The van der Waals surface area contributed by atoms with Crippen molar-refractivity contribution < 1.29 is 14.3 Å². The monoisotopic (exact) mass is 402 g/mol. The van der Waals surface area contributed by atoms with Gasteiger partial charge in [0.2, 0.25) is 0 Å². The summed E-state index contributed by atoms with van der Waals surface area (Å²) in [6.45, 7) is 7.62. The molecular weight excluding hydrogens is 376 g/mol. The first-order chi connectivity index (χ1) is 13.4. The van der Waals surface area contributed by atoms with Crippen LogP contribution in [0.2, 0.25) is 0 Å². The third-order valence-electron chi connectivity index (χ3n) is 4.02. The molecule has 28 heavy (non-hydrogen) atoms. The summed E-state index contributed by atoms with van der Waals surface area (Å²) in [5, 5.41) is 4.27. The number of thioether (sulfide) groups is 1. The standard InChI is InChI=1S/C20H26N4O3S/c1-7-16-17(26-5)9-8-15(18(16)27-6)11-21-24-19(25)14(4)28-20-22-12(2)10-13(3)23-20/h8-11,14H,7H2,1-6H3,(H,24,25)/b21-11+. The molecular formula is C20H26N4O3S. The van der Waals surface area contributed by atoms with Gasteiger partial charge in [0.25, 0.3) is 5.91 Å². The Kier molecular flexibility index (Phi) is 7.80. The number of aromatic nitrogens is 2. The lowest BCUT2D eigenvalue weighted by atomic mass is 10.1. The van der Waals surface area contributed by atoms with E-state index in [1.807, 2.05) is 39.0 Å². The summed E-state index contributed by atoms with van der Waals surface area (Å²) < 4.78 is 10.9. The topological polar surface area (TPSA) is 85.7 Å². The van der Waals surface area contributed by atoms with Crippen LogP contribution in [0.1, 0.15) is 36.4 Å². The highest BCUT2D eigenvalue weighted by Crippen LogP contribution is 2.31. The number of hydrazone groups is 1. The molecule has 1 N–H and O–H groups in total. The number of nitrogens with one attached hydrogen (secondary N) is 1. The first-order valence-electron chi connectivity index (χ1n) is 8.95. The van der Waals surface area contributed by atoms with Crippen LogP contribution < -0.4 is 14.9 Å². The molecule has 0 spiro atoms. The van der Waals surface area contributed by atoms with Gasteiger partial charge in [0.15, 0.2) is 5.16 Å². The molecule has 8 heteroatoms. The second-order valence-electron chi connectivity index (χ2n) is 6.15. The van der Waals surface area contributed by atoms with Gasteiger partial charge in [0, 0.05) is 22.5 Å². The van der Waals surface area contributed by atoms with E-state index >= 15 is 0 Å². The second kappa shape index (κ2) is 10.1. The van der Waals surface area contributed by atoms with Gasteiger partial charge in [-0.15, -0.1) is 0 Å². The fourth-order valence-corrected chi connectivity index (χ4v) is 3.58. The van der Waals surface area contributed by atoms with Crippen molar-refractivity contribution in [2.75, 3.05) is 14.2 Å². The van der Waals surface area contributed by atoms with Crippen molar-refractivity contribution in [2.45, 2.75) is 44.5 Å². The maximum Gasteiger partial charge on any atom is 0.253 e. The smallest absolute Gasteiger partial charge is 0.253 e. The quantitative estimate of drug-likeness (QED) is 0.316. The average Bonchev–Trinajstić information content (AvgIpc) is 2.66. The molecule has 0 aliphatic carbocycles. The van der Waals surface area contributed by atoms with E-state index in [2.05, 4.69) is 20.5 Å². The van der Waals surface area contributed by atoms with Crippen LogP contribution in [0.5, 0.6) is 11.5 Å². The molecule has 0 aliphatic heterocycles. The molecule has 1 aromatic carbocycles. The van der Waals surface area contributed by atoms with Gasteiger partial charge in [-0.25, -0.2) is 15.4 Å². The van der Waals surface area contributed by atoms with Gasteiger partial charge in [0.05, 0.1) is 25.7 Å². The molecule has 0 fully saturated rings. The fourth-order valence-electron chi connectivity index (χ4n) is 2.71. The van der Waals surface area contributed by atoms with Crippen molar-refractivity contribution in [3.63, 3.8) is 0 Å². The molecule has 1 aromatic heterocycles. The Morgan fingerprint density at radius 3 is 2.50 bits per heavy atom. The maximum absolute atomic E-state index is 12.3. The highest BCUT2D eigenvalue weighted by atomic mass is 32.2. The Morgan fingerprint density at radius 2 is 1.93 bits per heavy atom. The zero-order valence-electron chi connectivity index (χ0n) is 17.1. The van der Waals surface area contributed by atoms with Crippen LogP contribution in [0.4, 0.5) is 0 Å². The van der Waals surface area contributed by atoms with Crippen LogP contribution in [-0.4, -0.2) is 41.6 Å². The summed E-state index contributed by atoms with van der Waals surface area (Å²) in [7, 11) is 3.23. The first kappa shape index (κ1) is 21.7. The van der Waals surface area contributed by atoms with Crippen molar-refractivity contribution >= 4 is 23.9 Å². The first-order valence-corrected chi connectivity index (χ1v) is 9.83. The van der Waals surface area contributed by atoms with Crippen molar-refractivity contribution in [3.05, 3.63) is 40.7 Å². The van der Waals surface area contributed by atoms with Crippen LogP contribution in [0, 0.1) is 13.8 Å². The molecule has 1 atom stereocenters. The number of nitrogens with zero attached hydrogens (tertiary/aromatic N) is 3. The Morgan fingerprint density at radius 1 is 1.25 bits per heavy atom. The van der Waals surface area contributed by atoms with Crippen molar-refractivity contribution in [1.82, 2.24) is 15.4 Å². The Labute approximate surface area is 170 Å². The third kappa shape index (κ3) is 5.45. The second-order valence-corrected chi connectivity index (χ2v) is 7.46. The zero-order valence-corrected chi connectivity index (χ0v) is 17.9.